The predicted octanol–water partition coefficient (Wildman–Crippen LogP) is 4.05. The van der Waals surface area contributed by atoms with Crippen LogP contribution < -0.4 is 10.6 Å². The van der Waals surface area contributed by atoms with Crippen molar-refractivity contribution in [2.75, 3.05) is 31.5 Å². The number of carbonyl (C=O) groups is 1. The zero-order chi connectivity index (χ0) is 16.7. The lowest BCUT2D eigenvalue weighted by atomic mass is 9.97. The van der Waals surface area contributed by atoms with Crippen molar-refractivity contribution >= 4 is 11.7 Å². The number of urea groups is 1. The van der Waals surface area contributed by atoms with Crippen LogP contribution in [0.15, 0.2) is 24.3 Å². The fraction of sp³-hybridized carbons (Fsp3) is 0.632. The van der Waals surface area contributed by atoms with Gasteiger partial charge < -0.3 is 15.5 Å². The van der Waals surface area contributed by atoms with Gasteiger partial charge in [-0.25, -0.2) is 4.79 Å². The molecule has 1 aliphatic rings. The Morgan fingerprint density at radius 1 is 1.22 bits per heavy atom. The van der Waals surface area contributed by atoms with Crippen LogP contribution in [0.2, 0.25) is 0 Å². The third-order valence-corrected chi connectivity index (χ3v) is 4.63. The van der Waals surface area contributed by atoms with E-state index in [0.717, 1.165) is 12.2 Å². The van der Waals surface area contributed by atoms with Crippen LogP contribution in [-0.4, -0.2) is 37.1 Å². The molecule has 1 aliphatic heterocycles. The van der Waals surface area contributed by atoms with Crippen LogP contribution in [0.5, 0.6) is 0 Å². The Morgan fingerprint density at radius 3 is 2.43 bits per heavy atom. The van der Waals surface area contributed by atoms with Crippen LogP contribution >= 0.6 is 0 Å². The molecule has 0 saturated carbocycles. The molecule has 0 spiro atoms. The molecule has 0 unspecified atom stereocenters. The Bertz CT molecular complexity index is 476. The summed E-state index contributed by atoms with van der Waals surface area (Å²) < 4.78 is 0. The highest BCUT2D eigenvalue weighted by Gasteiger charge is 2.18. The fourth-order valence-corrected chi connectivity index (χ4v) is 3.09. The highest BCUT2D eigenvalue weighted by Crippen LogP contribution is 2.18. The van der Waals surface area contributed by atoms with Gasteiger partial charge in [0.15, 0.2) is 0 Å². The molecule has 0 radical (unpaired) electrons. The number of carbonyl (C=O) groups excluding carboxylic acids is 1. The van der Waals surface area contributed by atoms with Gasteiger partial charge in [-0.3, -0.25) is 0 Å². The van der Waals surface area contributed by atoms with E-state index in [0.29, 0.717) is 11.8 Å². The average Bonchev–Trinajstić information content (AvgIpc) is 2.55. The molecule has 1 saturated heterocycles. The van der Waals surface area contributed by atoms with Crippen molar-refractivity contribution < 1.29 is 4.79 Å². The quantitative estimate of drug-likeness (QED) is 0.831. The Balaban J connectivity index is 1.69. The number of amides is 2. The molecule has 4 nitrogen and oxygen atoms in total. The van der Waals surface area contributed by atoms with E-state index in [1.54, 1.807) is 0 Å². The normalized spacial score (nSPS) is 16.5. The maximum atomic E-state index is 12.0. The first kappa shape index (κ1) is 17.8. The van der Waals surface area contributed by atoms with Crippen LogP contribution in [0.1, 0.15) is 51.5 Å². The first-order valence-electron chi connectivity index (χ1n) is 8.95. The molecule has 1 heterocycles. The van der Waals surface area contributed by atoms with Gasteiger partial charge in [0.2, 0.25) is 0 Å². The van der Waals surface area contributed by atoms with E-state index in [1.165, 1.54) is 44.5 Å². The van der Waals surface area contributed by atoms with E-state index in [4.69, 9.17) is 0 Å². The maximum absolute atomic E-state index is 12.0. The molecule has 0 aliphatic carbocycles. The van der Waals surface area contributed by atoms with Gasteiger partial charge in [-0.05, 0) is 68.4 Å². The van der Waals surface area contributed by atoms with E-state index in [2.05, 4.69) is 48.4 Å². The molecule has 1 aromatic carbocycles. The van der Waals surface area contributed by atoms with Gasteiger partial charge >= 0.3 is 6.03 Å². The third kappa shape index (κ3) is 5.87. The highest BCUT2D eigenvalue weighted by molar-refractivity contribution is 5.89. The van der Waals surface area contributed by atoms with E-state index < -0.39 is 0 Å². The predicted molar refractivity (Wildman–Crippen MR) is 97.0 cm³/mol. The van der Waals surface area contributed by atoms with Gasteiger partial charge in [-0.1, -0.05) is 32.9 Å². The third-order valence-electron chi connectivity index (χ3n) is 4.63. The van der Waals surface area contributed by atoms with Crippen molar-refractivity contribution in [2.24, 2.45) is 5.92 Å². The number of nitrogens with zero attached hydrogens (tertiary/aromatic N) is 1. The van der Waals surface area contributed by atoms with Crippen molar-refractivity contribution in [1.29, 1.82) is 0 Å². The van der Waals surface area contributed by atoms with Gasteiger partial charge in [-0.15, -0.1) is 0 Å². The van der Waals surface area contributed by atoms with E-state index in [-0.39, 0.29) is 6.03 Å². The zero-order valence-electron chi connectivity index (χ0n) is 14.8. The van der Waals surface area contributed by atoms with Crippen LogP contribution in [-0.2, 0) is 0 Å². The Morgan fingerprint density at radius 2 is 1.87 bits per heavy atom. The van der Waals surface area contributed by atoms with Crippen molar-refractivity contribution in [3.05, 3.63) is 29.8 Å². The first-order chi connectivity index (χ1) is 11.1. The summed E-state index contributed by atoms with van der Waals surface area (Å²) in [5.41, 5.74) is 2.14. The molecule has 0 atom stereocenters. The standard InChI is InChI=1S/C19H31N3O/c1-4-11-22-12-9-16(10-13-22)14-20-19(23)21-18-7-5-17(6-8-18)15(2)3/h5-8,15-16H,4,9-14H2,1-3H3,(H2,20,21,23). The number of hydrogen-bond acceptors (Lipinski definition) is 2. The molecule has 4 heteroatoms. The number of benzene rings is 1. The number of hydrogen-bond donors (Lipinski definition) is 2. The Labute approximate surface area is 140 Å². The second-order valence-corrected chi connectivity index (χ2v) is 6.90. The largest absolute Gasteiger partial charge is 0.338 e. The minimum atomic E-state index is -0.0988. The number of anilines is 1. The van der Waals surface area contributed by atoms with Crippen molar-refractivity contribution in [3.63, 3.8) is 0 Å². The van der Waals surface area contributed by atoms with Crippen LogP contribution in [0.4, 0.5) is 10.5 Å². The van der Waals surface area contributed by atoms with Crippen LogP contribution in [0, 0.1) is 5.92 Å². The molecule has 128 valence electrons. The molecular weight excluding hydrogens is 286 g/mol. The van der Waals surface area contributed by atoms with Gasteiger partial charge in [-0.2, -0.15) is 0 Å². The molecule has 2 rings (SSSR count). The SMILES string of the molecule is CCCN1CCC(CNC(=O)Nc2ccc(C(C)C)cc2)CC1. The molecule has 0 aromatic heterocycles. The summed E-state index contributed by atoms with van der Waals surface area (Å²) in [6.45, 7) is 10.9. The minimum Gasteiger partial charge on any atom is -0.338 e. The molecule has 2 N–H and O–H groups in total. The lowest BCUT2D eigenvalue weighted by Crippen LogP contribution is -2.40. The second-order valence-electron chi connectivity index (χ2n) is 6.90. The van der Waals surface area contributed by atoms with Crippen LogP contribution in [0.3, 0.4) is 0 Å². The molecule has 1 aromatic rings. The van der Waals surface area contributed by atoms with E-state index in [9.17, 15) is 4.79 Å². The summed E-state index contributed by atoms with van der Waals surface area (Å²) in [6, 6.07) is 7.99. The van der Waals surface area contributed by atoms with Gasteiger partial charge in [0, 0.05) is 12.2 Å². The van der Waals surface area contributed by atoms with E-state index in [1.807, 2.05) is 12.1 Å². The summed E-state index contributed by atoms with van der Waals surface area (Å²) in [5.74, 6) is 1.12. The molecule has 1 fully saturated rings. The summed E-state index contributed by atoms with van der Waals surface area (Å²) in [7, 11) is 0. The molecule has 2 amide bonds. The fourth-order valence-electron chi connectivity index (χ4n) is 3.09. The van der Waals surface area contributed by atoms with Gasteiger partial charge in [0.25, 0.3) is 0 Å². The van der Waals surface area contributed by atoms with Gasteiger partial charge in [0.1, 0.15) is 0 Å². The van der Waals surface area contributed by atoms with Crippen molar-refractivity contribution in [2.45, 2.75) is 46.0 Å². The summed E-state index contributed by atoms with van der Waals surface area (Å²) >= 11 is 0. The second kappa shape index (κ2) is 8.92. The lowest BCUT2D eigenvalue weighted by Gasteiger charge is -2.31. The average molecular weight is 317 g/mol. The summed E-state index contributed by atoms with van der Waals surface area (Å²) in [5, 5.41) is 5.93. The number of rotatable bonds is 6. The van der Waals surface area contributed by atoms with Crippen LogP contribution in [0.25, 0.3) is 0 Å². The maximum Gasteiger partial charge on any atom is 0.319 e. The lowest BCUT2D eigenvalue weighted by molar-refractivity contribution is 0.182. The smallest absolute Gasteiger partial charge is 0.319 e. The van der Waals surface area contributed by atoms with Crippen molar-refractivity contribution in [3.8, 4) is 0 Å². The zero-order valence-corrected chi connectivity index (χ0v) is 14.8. The first-order valence-corrected chi connectivity index (χ1v) is 8.95. The summed E-state index contributed by atoms with van der Waals surface area (Å²) in [4.78, 5) is 14.5. The van der Waals surface area contributed by atoms with Crippen molar-refractivity contribution in [1.82, 2.24) is 10.2 Å². The number of nitrogens with one attached hydrogen (secondary N) is 2. The van der Waals surface area contributed by atoms with Gasteiger partial charge in [0.05, 0.1) is 0 Å². The molecular formula is C19H31N3O. The number of piperidine rings is 1. The monoisotopic (exact) mass is 317 g/mol. The minimum absolute atomic E-state index is 0.0988. The molecule has 23 heavy (non-hydrogen) atoms. The molecule has 0 bridgehead atoms. The Kier molecular flexibility index (Phi) is 6.90. The number of likely N-dealkylation sites (tertiary alicyclic amines) is 1. The van der Waals surface area contributed by atoms with E-state index >= 15 is 0 Å². The topological polar surface area (TPSA) is 44.4 Å². The Hall–Kier alpha value is -1.55. The highest BCUT2D eigenvalue weighted by atomic mass is 16.2. The summed E-state index contributed by atoms with van der Waals surface area (Å²) in [6.07, 6.45) is 3.59.